The number of carbonyl (C=O) groups excluding carboxylic acids is 1. The van der Waals surface area contributed by atoms with Gasteiger partial charge in [0, 0.05) is 5.56 Å². The Kier molecular flexibility index (Phi) is 3.71. The average Bonchev–Trinajstić information content (AvgIpc) is 2.45. The summed E-state index contributed by atoms with van der Waals surface area (Å²) in [4.78, 5) is 12.2. The summed E-state index contributed by atoms with van der Waals surface area (Å²) in [5.41, 5.74) is 0.835. The molecule has 2 aromatic carbocycles. The van der Waals surface area contributed by atoms with Gasteiger partial charge >= 0.3 is 0 Å². The molecule has 0 bridgehead atoms. The minimum Gasteiger partial charge on any atom is -0.480 e. The predicted molar refractivity (Wildman–Crippen MR) is 73.8 cm³/mol. The zero-order chi connectivity index (χ0) is 13.8. The molecule has 0 aliphatic heterocycles. The zero-order valence-corrected chi connectivity index (χ0v) is 10.8. The molecule has 0 aliphatic rings. The second-order valence-corrected chi connectivity index (χ2v) is 4.12. The van der Waals surface area contributed by atoms with E-state index in [1.54, 1.807) is 13.0 Å². The molecule has 2 rings (SSSR count). The Morgan fingerprint density at radius 1 is 1.16 bits per heavy atom. The minimum absolute atomic E-state index is 0.278. The van der Waals surface area contributed by atoms with Gasteiger partial charge in [-0.3, -0.25) is 4.79 Å². The fraction of sp³-hybridized carbons (Fsp3) is 0.133. The quantitative estimate of drug-likeness (QED) is 0.831. The Morgan fingerprint density at radius 2 is 1.84 bits per heavy atom. The molecule has 2 aromatic rings. The van der Waals surface area contributed by atoms with Crippen LogP contribution in [-0.4, -0.2) is 18.1 Å². The van der Waals surface area contributed by atoms with Crippen LogP contribution in [0.25, 0.3) is 10.8 Å². The van der Waals surface area contributed by atoms with Gasteiger partial charge in [0.25, 0.3) is 11.9 Å². The van der Waals surface area contributed by atoms with Gasteiger partial charge in [-0.15, -0.1) is 0 Å². The average molecular weight is 257 g/mol. The molecule has 19 heavy (non-hydrogen) atoms. The van der Waals surface area contributed by atoms with Gasteiger partial charge in [-0.25, -0.2) is 0 Å². The van der Waals surface area contributed by atoms with Crippen molar-refractivity contribution in [3.63, 3.8) is 0 Å². The largest absolute Gasteiger partial charge is 0.480 e. The molecule has 4 nitrogen and oxygen atoms in total. The van der Waals surface area contributed by atoms with E-state index in [4.69, 9.17) is 0 Å². The number of ether oxygens (including phenoxy) is 1. The van der Waals surface area contributed by atoms with Crippen molar-refractivity contribution in [1.29, 1.82) is 0 Å². The number of aliphatic hydroxyl groups excluding tert-OH is 1. The summed E-state index contributed by atoms with van der Waals surface area (Å²) in [6.07, 6.45) is 0. The van der Waals surface area contributed by atoms with Crippen molar-refractivity contribution in [3.8, 4) is 0 Å². The van der Waals surface area contributed by atoms with E-state index in [-0.39, 0.29) is 17.5 Å². The lowest BCUT2D eigenvalue weighted by atomic mass is 10.0. The van der Waals surface area contributed by atoms with Crippen LogP contribution in [-0.2, 0) is 4.74 Å². The van der Waals surface area contributed by atoms with Crippen LogP contribution in [0.1, 0.15) is 17.3 Å². The standard InChI is InChI=1S/C15H15NO3/c1-10(15(18)19-2)16-14(17)13-9-5-7-11-6-3-4-8-12(11)13/h3-9,18H,1-2H3,(H,16,17)/b15-10-. The monoisotopic (exact) mass is 257 g/mol. The van der Waals surface area contributed by atoms with Gasteiger partial charge in [0.05, 0.1) is 12.8 Å². The van der Waals surface area contributed by atoms with Gasteiger partial charge in [-0.2, -0.15) is 0 Å². The summed E-state index contributed by atoms with van der Waals surface area (Å²) in [7, 11) is 1.34. The summed E-state index contributed by atoms with van der Waals surface area (Å²) in [6, 6.07) is 13.2. The van der Waals surface area contributed by atoms with Gasteiger partial charge in [-0.1, -0.05) is 36.4 Å². The van der Waals surface area contributed by atoms with E-state index in [2.05, 4.69) is 10.1 Å². The topological polar surface area (TPSA) is 58.6 Å². The number of carbonyl (C=O) groups is 1. The Hall–Kier alpha value is -2.49. The number of benzene rings is 2. The fourth-order valence-electron chi connectivity index (χ4n) is 1.87. The molecule has 0 saturated carbocycles. The van der Waals surface area contributed by atoms with E-state index >= 15 is 0 Å². The summed E-state index contributed by atoms with van der Waals surface area (Å²) < 4.78 is 4.66. The first-order valence-electron chi connectivity index (χ1n) is 5.86. The summed E-state index contributed by atoms with van der Waals surface area (Å²) in [6.45, 7) is 1.57. The molecule has 0 unspecified atom stereocenters. The molecule has 0 heterocycles. The maximum atomic E-state index is 12.2. The number of amides is 1. The van der Waals surface area contributed by atoms with Crippen LogP contribution in [0.15, 0.2) is 54.1 Å². The van der Waals surface area contributed by atoms with Crippen LogP contribution in [0.3, 0.4) is 0 Å². The van der Waals surface area contributed by atoms with E-state index in [9.17, 15) is 9.90 Å². The molecule has 0 radical (unpaired) electrons. The van der Waals surface area contributed by atoms with Gasteiger partial charge < -0.3 is 15.2 Å². The summed E-state index contributed by atoms with van der Waals surface area (Å²) >= 11 is 0. The highest BCUT2D eigenvalue weighted by molar-refractivity contribution is 6.07. The Morgan fingerprint density at radius 3 is 2.58 bits per heavy atom. The van der Waals surface area contributed by atoms with Gasteiger partial charge in [-0.05, 0) is 23.8 Å². The third kappa shape index (κ3) is 2.68. The highest BCUT2D eigenvalue weighted by Gasteiger charge is 2.11. The van der Waals surface area contributed by atoms with Crippen molar-refractivity contribution in [1.82, 2.24) is 5.32 Å². The SMILES string of the molecule is CO/C(O)=C(/C)NC(=O)c1cccc2ccccc12. The van der Waals surface area contributed by atoms with Crippen molar-refractivity contribution in [2.24, 2.45) is 0 Å². The Bertz CT molecular complexity index is 641. The van der Waals surface area contributed by atoms with Crippen LogP contribution in [0, 0.1) is 0 Å². The molecule has 0 aliphatic carbocycles. The van der Waals surface area contributed by atoms with Crippen molar-refractivity contribution < 1.29 is 14.6 Å². The Labute approximate surface area is 111 Å². The first-order chi connectivity index (χ1) is 9.13. The Balaban J connectivity index is 2.37. The van der Waals surface area contributed by atoms with E-state index in [0.717, 1.165) is 10.8 Å². The third-order valence-electron chi connectivity index (χ3n) is 2.85. The number of methoxy groups -OCH3 is 1. The number of hydrogen-bond acceptors (Lipinski definition) is 3. The molecule has 0 fully saturated rings. The maximum absolute atomic E-state index is 12.2. The highest BCUT2D eigenvalue weighted by atomic mass is 16.6. The number of fused-ring (bicyclic) bond motifs is 1. The summed E-state index contributed by atoms with van der Waals surface area (Å²) in [5, 5.41) is 13.8. The predicted octanol–water partition coefficient (Wildman–Crippen LogP) is 2.96. The van der Waals surface area contributed by atoms with E-state index in [0.29, 0.717) is 5.56 Å². The van der Waals surface area contributed by atoms with Crippen LogP contribution in [0.5, 0.6) is 0 Å². The van der Waals surface area contributed by atoms with Crippen LogP contribution in [0.2, 0.25) is 0 Å². The van der Waals surface area contributed by atoms with Gasteiger partial charge in [0.1, 0.15) is 0 Å². The normalized spacial score (nSPS) is 11.9. The molecule has 0 atom stereocenters. The van der Waals surface area contributed by atoms with Crippen LogP contribution >= 0.6 is 0 Å². The van der Waals surface area contributed by atoms with Crippen molar-refractivity contribution in [2.45, 2.75) is 6.92 Å². The number of allylic oxidation sites excluding steroid dienone is 1. The fourth-order valence-corrected chi connectivity index (χ4v) is 1.87. The molecule has 2 N–H and O–H groups in total. The second kappa shape index (κ2) is 5.44. The molecule has 0 saturated heterocycles. The van der Waals surface area contributed by atoms with Crippen molar-refractivity contribution in [2.75, 3.05) is 7.11 Å². The number of nitrogens with one attached hydrogen (secondary N) is 1. The number of hydrogen-bond donors (Lipinski definition) is 2. The second-order valence-electron chi connectivity index (χ2n) is 4.12. The van der Waals surface area contributed by atoms with Crippen molar-refractivity contribution >= 4 is 16.7 Å². The molecule has 1 amide bonds. The molecule has 4 heteroatoms. The number of aliphatic hydroxyl groups is 1. The highest BCUT2D eigenvalue weighted by Crippen LogP contribution is 2.18. The van der Waals surface area contributed by atoms with E-state index in [1.807, 2.05) is 36.4 Å². The first-order valence-corrected chi connectivity index (χ1v) is 5.86. The molecule has 0 spiro atoms. The summed E-state index contributed by atoms with van der Waals surface area (Å²) in [5.74, 6) is -0.577. The molecular weight excluding hydrogens is 242 g/mol. The molecule has 0 aromatic heterocycles. The van der Waals surface area contributed by atoms with Crippen LogP contribution < -0.4 is 5.32 Å². The maximum Gasteiger partial charge on any atom is 0.296 e. The smallest absolute Gasteiger partial charge is 0.296 e. The lowest BCUT2D eigenvalue weighted by Crippen LogP contribution is -2.23. The first kappa shape index (κ1) is 13.0. The number of rotatable bonds is 3. The zero-order valence-electron chi connectivity index (χ0n) is 10.8. The van der Waals surface area contributed by atoms with Gasteiger partial charge in [0.2, 0.25) is 0 Å². The third-order valence-corrected chi connectivity index (χ3v) is 2.85. The van der Waals surface area contributed by atoms with E-state index in [1.165, 1.54) is 7.11 Å². The molecule has 98 valence electrons. The lowest BCUT2D eigenvalue weighted by Gasteiger charge is -2.09. The van der Waals surface area contributed by atoms with E-state index < -0.39 is 0 Å². The lowest BCUT2D eigenvalue weighted by molar-refractivity contribution is 0.0942. The molecular formula is C15H15NO3. The van der Waals surface area contributed by atoms with Gasteiger partial charge in [0.15, 0.2) is 0 Å². The van der Waals surface area contributed by atoms with Crippen LogP contribution in [0.4, 0.5) is 0 Å². The minimum atomic E-state index is -0.298. The van der Waals surface area contributed by atoms with Crippen molar-refractivity contribution in [3.05, 3.63) is 59.7 Å².